The van der Waals surface area contributed by atoms with E-state index in [1.807, 2.05) is 31.2 Å². The average Bonchev–Trinajstić information content (AvgIpc) is 2.27. The van der Waals surface area contributed by atoms with Crippen molar-refractivity contribution in [3.63, 3.8) is 0 Å². The number of carbonyl (C=O) groups is 1. The molecule has 16 heavy (non-hydrogen) atoms. The number of hydrazine groups is 1. The van der Waals surface area contributed by atoms with E-state index in [1.165, 1.54) is 0 Å². The van der Waals surface area contributed by atoms with Crippen molar-refractivity contribution in [3.8, 4) is 5.75 Å². The smallest absolute Gasteiger partial charge is 0.234 e. The molecule has 0 saturated heterocycles. The predicted molar refractivity (Wildman–Crippen MR) is 63.1 cm³/mol. The van der Waals surface area contributed by atoms with E-state index in [0.29, 0.717) is 19.4 Å². The minimum absolute atomic E-state index is 0.0177. The molecule has 0 aliphatic carbocycles. The summed E-state index contributed by atoms with van der Waals surface area (Å²) in [4.78, 5) is 11.1. The molecule has 0 bridgehead atoms. The highest BCUT2D eigenvalue weighted by molar-refractivity contribution is 5.75. The number of amides is 1. The van der Waals surface area contributed by atoms with Crippen molar-refractivity contribution < 1.29 is 9.53 Å². The standard InChI is InChI=1S/C12H18N2O2/c1-10-6-3-4-7-11(10)16-9-5-8-12(15)14-13-2/h3-4,6-7,13H,5,8-9H2,1-2H3,(H,14,15). The summed E-state index contributed by atoms with van der Waals surface area (Å²) in [7, 11) is 1.67. The highest BCUT2D eigenvalue weighted by Crippen LogP contribution is 2.16. The van der Waals surface area contributed by atoms with Crippen LogP contribution in [0.2, 0.25) is 0 Å². The SMILES string of the molecule is CNNC(=O)CCCOc1ccccc1C. The van der Waals surface area contributed by atoms with Crippen LogP contribution < -0.4 is 15.6 Å². The summed E-state index contributed by atoms with van der Waals surface area (Å²) in [6, 6.07) is 7.85. The third-order valence-electron chi connectivity index (χ3n) is 2.16. The van der Waals surface area contributed by atoms with Crippen LogP contribution in [0.15, 0.2) is 24.3 Å². The molecule has 1 rings (SSSR count). The van der Waals surface area contributed by atoms with Crippen molar-refractivity contribution in [2.24, 2.45) is 0 Å². The molecule has 0 aliphatic rings. The van der Waals surface area contributed by atoms with Crippen LogP contribution in [0, 0.1) is 6.92 Å². The second-order valence-electron chi connectivity index (χ2n) is 3.52. The fraction of sp³-hybridized carbons (Fsp3) is 0.417. The van der Waals surface area contributed by atoms with Gasteiger partial charge in [-0.1, -0.05) is 18.2 Å². The van der Waals surface area contributed by atoms with E-state index in [9.17, 15) is 4.79 Å². The van der Waals surface area contributed by atoms with Gasteiger partial charge in [-0.25, -0.2) is 5.43 Å². The molecule has 0 fully saturated rings. The molecule has 0 saturated carbocycles. The number of hydrogen-bond acceptors (Lipinski definition) is 3. The third kappa shape index (κ3) is 4.31. The number of ether oxygens (including phenoxy) is 1. The first-order valence-corrected chi connectivity index (χ1v) is 5.38. The van der Waals surface area contributed by atoms with Crippen molar-refractivity contribution in [1.29, 1.82) is 0 Å². The van der Waals surface area contributed by atoms with Crippen LogP contribution in [-0.4, -0.2) is 19.6 Å². The van der Waals surface area contributed by atoms with Crippen LogP contribution in [0.3, 0.4) is 0 Å². The zero-order chi connectivity index (χ0) is 11.8. The van der Waals surface area contributed by atoms with Gasteiger partial charge < -0.3 is 4.74 Å². The molecular weight excluding hydrogens is 204 g/mol. The van der Waals surface area contributed by atoms with Crippen LogP contribution in [-0.2, 0) is 4.79 Å². The second kappa shape index (κ2) is 6.85. The minimum Gasteiger partial charge on any atom is -0.493 e. The number of rotatable bonds is 6. The number of para-hydroxylation sites is 1. The van der Waals surface area contributed by atoms with E-state index in [-0.39, 0.29) is 5.91 Å². The third-order valence-corrected chi connectivity index (χ3v) is 2.16. The van der Waals surface area contributed by atoms with Crippen LogP contribution in [0.5, 0.6) is 5.75 Å². The van der Waals surface area contributed by atoms with Crippen LogP contribution in [0.1, 0.15) is 18.4 Å². The quantitative estimate of drug-likeness (QED) is 0.565. The molecule has 4 heteroatoms. The summed E-state index contributed by atoms with van der Waals surface area (Å²) in [5.41, 5.74) is 6.22. The maximum atomic E-state index is 11.1. The molecule has 0 aromatic heterocycles. The van der Waals surface area contributed by atoms with Gasteiger partial charge in [0.2, 0.25) is 5.91 Å². The van der Waals surface area contributed by atoms with E-state index in [0.717, 1.165) is 11.3 Å². The summed E-state index contributed by atoms with van der Waals surface area (Å²) in [5, 5.41) is 0. The Balaban J connectivity index is 2.21. The molecule has 0 unspecified atom stereocenters. The molecule has 0 heterocycles. The van der Waals surface area contributed by atoms with Gasteiger partial charge in [0.05, 0.1) is 6.61 Å². The molecule has 0 radical (unpaired) electrons. The molecule has 0 spiro atoms. The maximum absolute atomic E-state index is 11.1. The fourth-order valence-electron chi connectivity index (χ4n) is 1.34. The lowest BCUT2D eigenvalue weighted by molar-refractivity contribution is -0.122. The first kappa shape index (κ1) is 12.5. The van der Waals surface area contributed by atoms with Gasteiger partial charge >= 0.3 is 0 Å². The molecule has 1 aromatic carbocycles. The Morgan fingerprint density at radius 3 is 2.81 bits per heavy atom. The van der Waals surface area contributed by atoms with Crippen molar-refractivity contribution in [3.05, 3.63) is 29.8 Å². The Labute approximate surface area is 96.0 Å². The predicted octanol–water partition coefficient (Wildman–Crippen LogP) is 1.40. The van der Waals surface area contributed by atoms with Crippen molar-refractivity contribution >= 4 is 5.91 Å². The lowest BCUT2D eigenvalue weighted by Crippen LogP contribution is -2.34. The van der Waals surface area contributed by atoms with E-state index in [4.69, 9.17) is 4.74 Å². The molecule has 1 amide bonds. The minimum atomic E-state index is -0.0177. The van der Waals surface area contributed by atoms with E-state index in [2.05, 4.69) is 10.9 Å². The van der Waals surface area contributed by atoms with E-state index in [1.54, 1.807) is 7.05 Å². The van der Waals surface area contributed by atoms with Crippen LogP contribution in [0.25, 0.3) is 0 Å². The largest absolute Gasteiger partial charge is 0.493 e. The number of carbonyl (C=O) groups excluding carboxylic acids is 1. The number of benzene rings is 1. The summed E-state index contributed by atoms with van der Waals surface area (Å²) < 4.78 is 5.56. The summed E-state index contributed by atoms with van der Waals surface area (Å²) >= 11 is 0. The van der Waals surface area contributed by atoms with E-state index < -0.39 is 0 Å². The number of aryl methyl sites for hydroxylation is 1. The van der Waals surface area contributed by atoms with Gasteiger partial charge in [-0.05, 0) is 25.0 Å². The van der Waals surface area contributed by atoms with Crippen molar-refractivity contribution in [2.75, 3.05) is 13.7 Å². The first-order chi connectivity index (χ1) is 7.74. The summed E-state index contributed by atoms with van der Waals surface area (Å²) in [5.74, 6) is 0.868. The van der Waals surface area contributed by atoms with Crippen molar-refractivity contribution in [2.45, 2.75) is 19.8 Å². The highest BCUT2D eigenvalue weighted by atomic mass is 16.5. The summed E-state index contributed by atoms with van der Waals surface area (Å²) in [6.07, 6.45) is 1.18. The molecule has 88 valence electrons. The maximum Gasteiger partial charge on any atom is 0.234 e. The van der Waals surface area contributed by atoms with Crippen molar-refractivity contribution in [1.82, 2.24) is 10.9 Å². The van der Waals surface area contributed by atoms with Gasteiger partial charge in [-0.2, -0.15) is 0 Å². The van der Waals surface area contributed by atoms with Gasteiger partial charge in [0, 0.05) is 13.5 Å². The number of hydrogen-bond donors (Lipinski definition) is 2. The van der Waals surface area contributed by atoms with Crippen LogP contribution >= 0.6 is 0 Å². The Kier molecular flexibility index (Phi) is 5.36. The molecule has 0 atom stereocenters. The molecule has 2 N–H and O–H groups in total. The number of nitrogens with one attached hydrogen (secondary N) is 2. The summed E-state index contributed by atoms with van der Waals surface area (Å²) in [6.45, 7) is 2.56. The Hall–Kier alpha value is -1.55. The van der Waals surface area contributed by atoms with Gasteiger partial charge in [0.25, 0.3) is 0 Å². The molecular formula is C12H18N2O2. The van der Waals surface area contributed by atoms with Gasteiger partial charge in [-0.15, -0.1) is 0 Å². The zero-order valence-electron chi connectivity index (χ0n) is 9.75. The molecule has 0 aliphatic heterocycles. The van der Waals surface area contributed by atoms with Gasteiger partial charge in [0.1, 0.15) is 5.75 Å². The molecule has 1 aromatic rings. The topological polar surface area (TPSA) is 50.4 Å². The van der Waals surface area contributed by atoms with Gasteiger partial charge in [-0.3, -0.25) is 10.2 Å². The monoisotopic (exact) mass is 222 g/mol. The van der Waals surface area contributed by atoms with Crippen LogP contribution in [0.4, 0.5) is 0 Å². The second-order valence-corrected chi connectivity index (χ2v) is 3.52. The Morgan fingerprint density at radius 1 is 1.38 bits per heavy atom. The normalized spacial score (nSPS) is 9.88. The lowest BCUT2D eigenvalue weighted by Gasteiger charge is -2.08. The first-order valence-electron chi connectivity index (χ1n) is 5.38. The van der Waals surface area contributed by atoms with Gasteiger partial charge in [0.15, 0.2) is 0 Å². The molecule has 4 nitrogen and oxygen atoms in total. The average molecular weight is 222 g/mol. The Bertz CT molecular complexity index is 340. The fourth-order valence-corrected chi connectivity index (χ4v) is 1.34. The zero-order valence-corrected chi connectivity index (χ0v) is 9.75. The highest BCUT2D eigenvalue weighted by Gasteiger charge is 2.00. The Morgan fingerprint density at radius 2 is 2.12 bits per heavy atom. The lowest BCUT2D eigenvalue weighted by atomic mass is 10.2. The van der Waals surface area contributed by atoms with E-state index >= 15 is 0 Å².